The molecule has 33 heavy (non-hydrogen) atoms. The molecule has 5 heteroatoms. The van der Waals surface area contributed by atoms with Crippen LogP contribution in [0.15, 0.2) is 78.9 Å². The van der Waals surface area contributed by atoms with E-state index in [1.54, 1.807) is 0 Å². The predicted molar refractivity (Wildman–Crippen MR) is 137 cm³/mol. The van der Waals surface area contributed by atoms with Crippen LogP contribution in [0.25, 0.3) is 21.5 Å². The van der Waals surface area contributed by atoms with Crippen molar-refractivity contribution in [3.8, 4) is 11.5 Å². The van der Waals surface area contributed by atoms with E-state index in [0.29, 0.717) is 24.7 Å². The van der Waals surface area contributed by atoms with E-state index in [0.717, 1.165) is 52.5 Å². The van der Waals surface area contributed by atoms with Crippen LogP contribution in [0.5, 0.6) is 11.5 Å². The van der Waals surface area contributed by atoms with E-state index in [2.05, 4.69) is 50.2 Å². The monoisotopic (exact) mass is 462 g/mol. The van der Waals surface area contributed by atoms with Gasteiger partial charge in [-0.1, -0.05) is 0 Å². The summed E-state index contributed by atoms with van der Waals surface area (Å²) in [6, 6.07) is 26.6. The Morgan fingerprint density at radius 3 is 1.45 bits per heavy atom. The van der Waals surface area contributed by atoms with Gasteiger partial charge >= 0.3 is 196 Å². The molecular weight excluding hydrogens is 431 g/mol. The van der Waals surface area contributed by atoms with Crippen molar-refractivity contribution in [1.82, 2.24) is 0 Å². The van der Waals surface area contributed by atoms with Crippen molar-refractivity contribution in [3.63, 3.8) is 0 Å². The van der Waals surface area contributed by atoms with Gasteiger partial charge in [-0.15, -0.1) is 0 Å². The van der Waals surface area contributed by atoms with Crippen LogP contribution in [0.3, 0.4) is 0 Å². The fraction of sp³-hybridized carbons (Fsp3) is 0.286. The summed E-state index contributed by atoms with van der Waals surface area (Å²) in [5.74, 6) is 1.41. The normalized spacial score (nSPS) is 17.1. The van der Waals surface area contributed by atoms with E-state index in [9.17, 15) is 0 Å². The van der Waals surface area contributed by atoms with E-state index in [1.165, 1.54) is 0 Å². The first kappa shape index (κ1) is 22.2. The molecule has 4 aromatic rings. The molecule has 0 spiro atoms. The third-order valence-corrected chi connectivity index (χ3v) is 9.53. The second-order valence-corrected chi connectivity index (χ2v) is 11.5. The van der Waals surface area contributed by atoms with Crippen LogP contribution in [0.2, 0.25) is 0 Å². The number of hydrogen-bond donors (Lipinski definition) is 0. The van der Waals surface area contributed by atoms with E-state index in [-0.39, 0.29) is 0 Å². The quantitative estimate of drug-likeness (QED) is 0.144. The average Bonchev–Trinajstić information content (AvgIpc) is 3.23. The summed E-state index contributed by atoms with van der Waals surface area (Å²) in [6.45, 7) is 5.30. The summed E-state index contributed by atoms with van der Waals surface area (Å²) < 4.78 is 27.3. The molecule has 1 aliphatic heterocycles. The van der Waals surface area contributed by atoms with Crippen LogP contribution in [-0.4, -0.2) is 13.2 Å². The molecule has 0 amide bonds. The first-order chi connectivity index (χ1) is 16.2. The molecule has 0 aromatic heterocycles. The van der Waals surface area contributed by atoms with Crippen LogP contribution in [0.1, 0.15) is 39.5 Å². The Balaban J connectivity index is 1.78. The van der Waals surface area contributed by atoms with Crippen molar-refractivity contribution < 1.29 is 18.1 Å². The van der Waals surface area contributed by atoms with Crippen LogP contribution >= 0.6 is 7.51 Å². The number of hydrogen-bond acceptors (Lipinski definition) is 4. The van der Waals surface area contributed by atoms with Gasteiger partial charge in [0.2, 0.25) is 0 Å². The van der Waals surface area contributed by atoms with Gasteiger partial charge in [-0.2, -0.15) is 0 Å². The second-order valence-electron chi connectivity index (χ2n) is 8.45. The molecule has 0 atom stereocenters. The van der Waals surface area contributed by atoms with Gasteiger partial charge in [-0.3, -0.25) is 0 Å². The molecule has 0 unspecified atom stereocenters. The second kappa shape index (κ2) is 8.95. The Morgan fingerprint density at radius 2 is 1.00 bits per heavy atom. The standard InChI is InChI=1S/C28H31O4P/c1-3-5-20-29-33(30-21-6-4-2,22-14-8-7-9-15-22)31-27-25-18-12-10-16-23(25)24-17-11-13-19-26(24)28(27)32-33/h7-19H,3-6,20-21H2,1-2H3. The summed E-state index contributed by atoms with van der Waals surface area (Å²) in [4.78, 5) is 0. The Morgan fingerprint density at radius 1 is 0.576 bits per heavy atom. The van der Waals surface area contributed by atoms with Crippen LogP contribution < -0.4 is 14.4 Å². The number of rotatable bonds is 9. The van der Waals surface area contributed by atoms with Gasteiger partial charge in [-0.25, -0.2) is 0 Å². The number of benzene rings is 4. The molecule has 1 aliphatic rings. The molecule has 1 heterocycles. The zero-order valence-corrected chi connectivity index (χ0v) is 20.2. The minimum absolute atomic E-state index is 0.499. The van der Waals surface area contributed by atoms with Gasteiger partial charge < -0.3 is 0 Å². The Bertz CT molecular complexity index is 1190. The predicted octanol–water partition coefficient (Wildman–Crippen LogP) is 7.94. The van der Waals surface area contributed by atoms with Crippen molar-refractivity contribution in [2.24, 2.45) is 0 Å². The number of unbranched alkanes of at least 4 members (excludes halogenated alkanes) is 2. The molecule has 0 aliphatic carbocycles. The zero-order valence-electron chi connectivity index (χ0n) is 19.3. The van der Waals surface area contributed by atoms with Crippen molar-refractivity contribution in [1.29, 1.82) is 0 Å². The third kappa shape index (κ3) is 3.67. The summed E-state index contributed by atoms with van der Waals surface area (Å²) >= 11 is 0. The van der Waals surface area contributed by atoms with Gasteiger partial charge in [0.25, 0.3) is 0 Å². The Kier molecular flexibility index (Phi) is 6.01. The SMILES string of the molecule is CCCCOP1(OCCCC)(c2ccccc2)Oc2c(c3ccccc3c3ccccc23)O1. The van der Waals surface area contributed by atoms with Crippen molar-refractivity contribution in [3.05, 3.63) is 78.9 Å². The van der Waals surface area contributed by atoms with Gasteiger partial charge in [0.1, 0.15) is 0 Å². The molecule has 0 N–H and O–H groups in total. The minimum atomic E-state index is -4.18. The van der Waals surface area contributed by atoms with Crippen molar-refractivity contribution >= 4 is 34.4 Å². The molecule has 172 valence electrons. The topological polar surface area (TPSA) is 36.9 Å². The molecule has 4 nitrogen and oxygen atoms in total. The van der Waals surface area contributed by atoms with Crippen LogP contribution in [-0.2, 0) is 9.05 Å². The Labute approximate surface area is 195 Å². The third-order valence-electron chi connectivity index (χ3n) is 6.14. The molecule has 0 bridgehead atoms. The van der Waals surface area contributed by atoms with E-state index >= 15 is 0 Å². The first-order valence-corrected chi connectivity index (χ1v) is 13.8. The molecule has 4 aromatic carbocycles. The molecule has 0 fully saturated rings. The molecule has 0 saturated carbocycles. The van der Waals surface area contributed by atoms with Gasteiger partial charge in [0, 0.05) is 0 Å². The molecule has 5 rings (SSSR count). The summed E-state index contributed by atoms with van der Waals surface area (Å²) in [5, 5.41) is 5.09. The fourth-order valence-corrected chi connectivity index (χ4v) is 7.76. The maximum atomic E-state index is 6.95. The van der Waals surface area contributed by atoms with Gasteiger partial charge in [-0.05, 0) is 0 Å². The molecule has 0 radical (unpaired) electrons. The van der Waals surface area contributed by atoms with Gasteiger partial charge in [0.15, 0.2) is 0 Å². The van der Waals surface area contributed by atoms with Gasteiger partial charge in [0.05, 0.1) is 0 Å². The summed E-state index contributed by atoms with van der Waals surface area (Å²) in [6.07, 6.45) is 3.81. The van der Waals surface area contributed by atoms with Crippen molar-refractivity contribution in [2.75, 3.05) is 13.2 Å². The fourth-order valence-electron chi connectivity index (χ4n) is 4.39. The zero-order chi connectivity index (χ0) is 22.8. The van der Waals surface area contributed by atoms with E-state index < -0.39 is 7.51 Å². The maximum absolute atomic E-state index is 6.95. The van der Waals surface area contributed by atoms with E-state index in [4.69, 9.17) is 18.1 Å². The van der Waals surface area contributed by atoms with Crippen LogP contribution in [0.4, 0.5) is 0 Å². The van der Waals surface area contributed by atoms with Crippen molar-refractivity contribution in [2.45, 2.75) is 39.5 Å². The van der Waals surface area contributed by atoms with Crippen LogP contribution in [0, 0.1) is 0 Å². The molecule has 0 saturated heterocycles. The Hall–Kier alpha value is -2.65. The molecular formula is C28H31O4P. The summed E-state index contributed by atoms with van der Waals surface area (Å²) in [5.41, 5.74) is 0. The van der Waals surface area contributed by atoms with E-state index in [1.807, 2.05) is 42.5 Å². The first-order valence-electron chi connectivity index (χ1n) is 11.9. The summed E-state index contributed by atoms with van der Waals surface area (Å²) in [7, 11) is -4.18. The number of fused-ring (bicyclic) bond motifs is 6. The average molecular weight is 463 g/mol.